The second-order valence-corrected chi connectivity index (χ2v) is 6.36. The first-order chi connectivity index (χ1) is 12.0. The van der Waals surface area contributed by atoms with E-state index in [9.17, 15) is 4.79 Å². The largest absolute Gasteiger partial charge is 0.387 e. The van der Waals surface area contributed by atoms with Crippen molar-refractivity contribution in [2.75, 3.05) is 25.0 Å². The zero-order valence-electron chi connectivity index (χ0n) is 14.6. The van der Waals surface area contributed by atoms with Crippen molar-refractivity contribution in [3.05, 3.63) is 41.3 Å². The molecule has 3 rings (SSSR count). The van der Waals surface area contributed by atoms with E-state index in [0.29, 0.717) is 25.0 Å². The molecule has 7 nitrogen and oxygen atoms in total. The average Bonchev–Trinajstić information content (AvgIpc) is 2.60. The molecule has 0 spiro atoms. The molecular formula is C18H23N5O2. The number of hydrogen-bond donors (Lipinski definition) is 2. The highest BCUT2D eigenvalue weighted by Gasteiger charge is 2.24. The van der Waals surface area contributed by atoms with Gasteiger partial charge in [0, 0.05) is 36.1 Å². The number of aliphatic hydroxyl groups excluding tert-OH is 1. The van der Waals surface area contributed by atoms with Gasteiger partial charge in [-0.1, -0.05) is 6.07 Å². The quantitative estimate of drug-likeness (QED) is 0.883. The van der Waals surface area contributed by atoms with Crippen molar-refractivity contribution in [1.29, 1.82) is 0 Å². The van der Waals surface area contributed by atoms with Gasteiger partial charge in [0.05, 0.1) is 0 Å². The van der Waals surface area contributed by atoms with Crippen LogP contribution in [0.1, 0.15) is 35.8 Å². The van der Waals surface area contributed by atoms with Crippen LogP contribution in [0.5, 0.6) is 0 Å². The molecule has 1 aliphatic rings. The molecule has 1 aliphatic heterocycles. The summed E-state index contributed by atoms with van der Waals surface area (Å²) < 4.78 is 0. The Bertz CT molecular complexity index is 737. The summed E-state index contributed by atoms with van der Waals surface area (Å²) in [5.74, 6) is 1.38. The molecule has 0 radical (unpaired) electrons. The molecule has 132 valence electrons. The molecule has 2 N–H and O–H groups in total. The van der Waals surface area contributed by atoms with Crippen molar-refractivity contribution in [2.45, 2.75) is 32.6 Å². The number of aryl methyl sites for hydroxylation is 2. The van der Waals surface area contributed by atoms with Crippen LogP contribution in [-0.2, 0) is 4.79 Å². The fraction of sp³-hybridized carbons (Fsp3) is 0.444. The van der Waals surface area contributed by atoms with Gasteiger partial charge in [0.15, 0.2) is 0 Å². The summed E-state index contributed by atoms with van der Waals surface area (Å²) in [5, 5.41) is 12.1. The lowest BCUT2D eigenvalue weighted by Crippen LogP contribution is -2.39. The van der Waals surface area contributed by atoms with Crippen molar-refractivity contribution in [2.24, 2.45) is 0 Å². The zero-order chi connectivity index (χ0) is 17.8. The number of likely N-dealkylation sites (tertiary alicyclic amines) is 1. The molecule has 2 aromatic heterocycles. The van der Waals surface area contributed by atoms with Crippen LogP contribution >= 0.6 is 0 Å². The molecule has 0 atom stereocenters. The Labute approximate surface area is 147 Å². The normalized spacial score (nSPS) is 15.2. The number of carbonyl (C=O) groups excluding carboxylic acids is 1. The molecule has 0 aliphatic carbocycles. The first-order valence-electron chi connectivity index (χ1n) is 8.50. The maximum atomic E-state index is 11.6. The Morgan fingerprint density at radius 2 is 1.88 bits per heavy atom. The molecule has 0 saturated carbocycles. The summed E-state index contributed by atoms with van der Waals surface area (Å²) in [6.07, 6.45) is 1.70. The molecule has 1 saturated heterocycles. The summed E-state index contributed by atoms with van der Waals surface area (Å²) in [5.41, 5.74) is 2.82. The third-order valence-corrected chi connectivity index (χ3v) is 4.39. The molecule has 1 fully saturated rings. The van der Waals surface area contributed by atoms with Crippen molar-refractivity contribution in [3.63, 3.8) is 0 Å². The standard InChI is InChI=1S/C18H23N5O2/c1-12-10-13(2)20-18(19-12)22-16-5-3-4-15(21-16)14-6-8-23(9-7-14)17(25)11-24/h3-5,10,14,24H,6-9,11H2,1-2H3,(H,19,20,21,22). The minimum absolute atomic E-state index is 0.200. The van der Waals surface area contributed by atoms with Gasteiger partial charge in [0.1, 0.15) is 12.4 Å². The number of anilines is 2. The zero-order valence-corrected chi connectivity index (χ0v) is 14.6. The van der Waals surface area contributed by atoms with Gasteiger partial charge in [-0.05, 0) is 44.9 Å². The van der Waals surface area contributed by atoms with Gasteiger partial charge in [-0.2, -0.15) is 0 Å². The first kappa shape index (κ1) is 17.3. The fourth-order valence-electron chi connectivity index (χ4n) is 3.17. The van der Waals surface area contributed by atoms with E-state index in [4.69, 9.17) is 10.1 Å². The Balaban J connectivity index is 1.69. The minimum atomic E-state index is -0.418. The summed E-state index contributed by atoms with van der Waals surface area (Å²) in [6, 6.07) is 7.81. The lowest BCUT2D eigenvalue weighted by molar-refractivity contribution is -0.135. The summed E-state index contributed by atoms with van der Waals surface area (Å²) in [6.45, 7) is 4.77. The summed E-state index contributed by atoms with van der Waals surface area (Å²) >= 11 is 0. The number of rotatable bonds is 4. The number of pyridine rings is 1. The highest BCUT2D eigenvalue weighted by atomic mass is 16.3. The lowest BCUT2D eigenvalue weighted by atomic mass is 9.93. The number of carbonyl (C=O) groups is 1. The number of nitrogens with one attached hydrogen (secondary N) is 1. The number of aliphatic hydroxyl groups is 1. The summed E-state index contributed by atoms with van der Waals surface area (Å²) in [4.78, 5) is 26.7. The number of nitrogens with zero attached hydrogens (tertiary/aromatic N) is 4. The Kier molecular flexibility index (Phi) is 5.23. The van der Waals surface area contributed by atoms with E-state index in [2.05, 4.69) is 15.3 Å². The Hall–Kier alpha value is -2.54. The van der Waals surface area contributed by atoms with Crippen LogP contribution in [-0.4, -0.2) is 50.6 Å². The van der Waals surface area contributed by atoms with Crippen LogP contribution in [0.25, 0.3) is 0 Å². The van der Waals surface area contributed by atoms with Crippen LogP contribution in [0.4, 0.5) is 11.8 Å². The van der Waals surface area contributed by atoms with Gasteiger partial charge < -0.3 is 15.3 Å². The van der Waals surface area contributed by atoms with E-state index in [0.717, 1.165) is 35.7 Å². The predicted molar refractivity (Wildman–Crippen MR) is 94.7 cm³/mol. The smallest absolute Gasteiger partial charge is 0.248 e. The second kappa shape index (κ2) is 7.57. The van der Waals surface area contributed by atoms with Crippen molar-refractivity contribution in [3.8, 4) is 0 Å². The van der Waals surface area contributed by atoms with Gasteiger partial charge in [-0.3, -0.25) is 4.79 Å². The van der Waals surface area contributed by atoms with E-state index in [1.54, 1.807) is 4.90 Å². The number of aromatic nitrogens is 3. The summed E-state index contributed by atoms with van der Waals surface area (Å²) in [7, 11) is 0. The number of hydrogen-bond acceptors (Lipinski definition) is 6. The molecule has 0 bridgehead atoms. The molecule has 25 heavy (non-hydrogen) atoms. The van der Waals surface area contributed by atoms with E-state index >= 15 is 0 Å². The highest BCUT2D eigenvalue weighted by molar-refractivity contribution is 5.77. The van der Waals surface area contributed by atoms with Crippen LogP contribution in [0.15, 0.2) is 24.3 Å². The molecule has 2 aromatic rings. The van der Waals surface area contributed by atoms with Crippen molar-refractivity contribution >= 4 is 17.7 Å². The molecule has 7 heteroatoms. The van der Waals surface area contributed by atoms with E-state index in [1.165, 1.54) is 0 Å². The maximum absolute atomic E-state index is 11.6. The van der Waals surface area contributed by atoms with Crippen LogP contribution in [0, 0.1) is 13.8 Å². The van der Waals surface area contributed by atoms with Gasteiger partial charge in [0.25, 0.3) is 0 Å². The minimum Gasteiger partial charge on any atom is -0.387 e. The van der Waals surface area contributed by atoms with Gasteiger partial charge in [0.2, 0.25) is 11.9 Å². The van der Waals surface area contributed by atoms with E-state index in [1.807, 2.05) is 38.1 Å². The highest BCUT2D eigenvalue weighted by Crippen LogP contribution is 2.27. The average molecular weight is 341 g/mol. The van der Waals surface area contributed by atoms with Gasteiger partial charge in [-0.15, -0.1) is 0 Å². The molecule has 0 aromatic carbocycles. The third-order valence-electron chi connectivity index (χ3n) is 4.39. The number of piperidine rings is 1. The third kappa shape index (κ3) is 4.30. The van der Waals surface area contributed by atoms with Gasteiger partial charge in [-0.25, -0.2) is 15.0 Å². The van der Waals surface area contributed by atoms with E-state index < -0.39 is 6.61 Å². The molecule has 1 amide bonds. The fourth-order valence-corrected chi connectivity index (χ4v) is 3.17. The SMILES string of the molecule is Cc1cc(C)nc(Nc2cccc(C3CCN(C(=O)CO)CC3)n2)n1. The Morgan fingerprint density at radius 3 is 2.52 bits per heavy atom. The molecule has 3 heterocycles. The van der Waals surface area contributed by atoms with Crippen LogP contribution in [0.3, 0.4) is 0 Å². The van der Waals surface area contributed by atoms with Crippen LogP contribution < -0.4 is 5.32 Å². The monoisotopic (exact) mass is 341 g/mol. The van der Waals surface area contributed by atoms with Gasteiger partial charge >= 0.3 is 0 Å². The maximum Gasteiger partial charge on any atom is 0.248 e. The first-order valence-corrected chi connectivity index (χ1v) is 8.50. The number of amides is 1. The molecular weight excluding hydrogens is 318 g/mol. The van der Waals surface area contributed by atoms with E-state index in [-0.39, 0.29) is 5.91 Å². The second-order valence-electron chi connectivity index (χ2n) is 6.36. The lowest BCUT2D eigenvalue weighted by Gasteiger charge is -2.31. The topological polar surface area (TPSA) is 91.2 Å². The van der Waals surface area contributed by atoms with Crippen LogP contribution in [0.2, 0.25) is 0 Å². The predicted octanol–water partition coefficient (Wildman–Crippen LogP) is 1.93. The Morgan fingerprint density at radius 1 is 1.20 bits per heavy atom. The molecule has 0 unspecified atom stereocenters. The van der Waals surface area contributed by atoms with Crippen molar-refractivity contribution < 1.29 is 9.90 Å². The van der Waals surface area contributed by atoms with Crippen molar-refractivity contribution in [1.82, 2.24) is 19.9 Å².